The molecule has 0 amide bonds. The molecule has 0 unspecified atom stereocenters. The van der Waals surface area contributed by atoms with Gasteiger partial charge in [-0.2, -0.15) is 5.26 Å². The van der Waals surface area contributed by atoms with Crippen LogP contribution in [0, 0.1) is 25.2 Å². The summed E-state index contributed by atoms with van der Waals surface area (Å²) in [6.07, 6.45) is 0. The van der Waals surface area contributed by atoms with Gasteiger partial charge in [0, 0.05) is 4.47 Å². The highest BCUT2D eigenvalue weighted by atomic mass is 79.9. The van der Waals surface area contributed by atoms with Gasteiger partial charge < -0.3 is 0 Å². The molecule has 4 nitrogen and oxygen atoms in total. The number of sulfonamides is 1. The summed E-state index contributed by atoms with van der Waals surface area (Å²) < 4.78 is 28.2. The zero-order valence-electron chi connectivity index (χ0n) is 11.5. The Bertz CT molecular complexity index is 839. The number of nitriles is 1. The lowest BCUT2D eigenvalue weighted by atomic mass is 10.2. The van der Waals surface area contributed by atoms with Crippen LogP contribution in [-0.2, 0) is 10.0 Å². The van der Waals surface area contributed by atoms with Gasteiger partial charge in [-0.1, -0.05) is 12.1 Å². The molecule has 2 aromatic rings. The Morgan fingerprint density at radius 2 is 1.86 bits per heavy atom. The largest absolute Gasteiger partial charge is 0.278 e. The summed E-state index contributed by atoms with van der Waals surface area (Å²) in [4.78, 5) is 0.106. The monoisotopic (exact) mass is 364 g/mol. The molecule has 0 aliphatic carbocycles. The number of aryl methyl sites for hydroxylation is 2. The molecule has 0 atom stereocenters. The zero-order chi connectivity index (χ0) is 15.6. The van der Waals surface area contributed by atoms with Gasteiger partial charge in [-0.15, -0.1) is 0 Å². The van der Waals surface area contributed by atoms with Crippen molar-refractivity contribution in [2.75, 3.05) is 4.72 Å². The number of hydrogen-bond donors (Lipinski definition) is 1. The van der Waals surface area contributed by atoms with Crippen LogP contribution in [0.2, 0.25) is 0 Å². The molecule has 6 heteroatoms. The van der Waals surface area contributed by atoms with E-state index in [0.717, 1.165) is 5.56 Å². The minimum atomic E-state index is -3.75. The summed E-state index contributed by atoms with van der Waals surface area (Å²) in [5.41, 5.74) is 2.31. The van der Waals surface area contributed by atoms with Crippen molar-refractivity contribution < 1.29 is 8.42 Å². The lowest BCUT2D eigenvalue weighted by Gasteiger charge is -2.12. The van der Waals surface area contributed by atoms with E-state index in [9.17, 15) is 8.42 Å². The summed E-state index contributed by atoms with van der Waals surface area (Å²) in [6, 6.07) is 11.9. The van der Waals surface area contributed by atoms with Crippen molar-refractivity contribution in [3.05, 3.63) is 57.6 Å². The molecule has 0 bridgehead atoms. The van der Waals surface area contributed by atoms with Crippen molar-refractivity contribution in [3.63, 3.8) is 0 Å². The molecule has 21 heavy (non-hydrogen) atoms. The second-order valence-electron chi connectivity index (χ2n) is 4.68. The number of nitrogens with one attached hydrogen (secondary N) is 1. The van der Waals surface area contributed by atoms with Gasteiger partial charge >= 0.3 is 0 Å². The van der Waals surface area contributed by atoms with Gasteiger partial charge in [0.15, 0.2) is 0 Å². The van der Waals surface area contributed by atoms with Crippen LogP contribution in [0.15, 0.2) is 45.8 Å². The van der Waals surface area contributed by atoms with Crippen LogP contribution in [0.5, 0.6) is 0 Å². The molecule has 0 radical (unpaired) electrons. The van der Waals surface area contributed by atoms with Crippen molar-refractivity contribution in [2.24, 2.45) is 0 Å². The Morgan fingerprint density at radius 1 is 1.14 bits per heavy atom. The highest BCUT2D eigenvalue weighted by Crippen LogP contribution is 2.27. The lowest BCUT2D eigenvalue weighted by molar-refractivity contribution is 0.600. The van der Waals surface area contributed by atoms with Crippen molar-refractivity contribution in [2.45, 2.75) is 18.7 Å². The highest BCUT2D eigenvalue weighted by molar-refractivity contribution is 9.10. The number of halogens is 1. The smallest absolute Gasteiger partial charge is 0.262 e. The number of rotatable bonds is 3. The number of anilines is 1. The molecule has 0 aromatic heterocycles. The third-order valence-electron chi connectivity index (χ3n) is 2.97. The van der Waals surface area contributed by atoms with E-state index in [0.29, 0.717) is 21.3 Å². The third-order valence-corrected chi connectivity index (χ3v) is 5.17. The molecule has 2 rings (SSSR count). The number of nitrogens with zero attached hydrogens (tertiary/aromatic N) is 1. The Hall–Kier alpha value is -1.84. The fraction of sp³-hybridized carbons (Fsp3) is 0.133. The average molecular weight is 365 g/mol. The summed E-state index contributed by atoms with van der Waals surface area (Å²) in [5.74, 6) is 0. The Labute approximate surface area is 132 Å². The van der Waals surface area contributed by atoms with E-state index in [1.54, 1.807) is 31.2 Å². The average Bonchev–Trinajstić information content (AvgIpc) is 2.43. The molecule has 1 N–H and O–H groups in total. The number of hydrogen-bond acceptors (Lipinski definition) is 3. The second kappa shape index (κ2) is 5.88. The zero-order valence-corrected chi connectivity index (χ0v) is 13.9. The predicted molar refractivity (Wildman–Crippen MR) is 85.6 cm³/mol. The lowest BCUT2D eigenvalue weighted by Crippen LogP contribution is -2.15. The molecular formula is C15H13BrN2O2S. The summed E-state index contributed by atoms with van der Waals surface area (Å²) in [5, 5.41) is 8.92. The molecule has 108 valence electrons. The first-order valence-corrected chi connectivity index (χ1v) is 8.41. The summed E-state index contributed by atoms with van der Waals surface area (Å²) in [6.45, 7) is 3.58. The molecule has 0 saturated heterocycles. The van der Waals surface area contributed by atoms with E-state index in [-0.39, 0.29) is 4.90 Å². The van der Waals surface area contributed by atoms with Gasteiger partial charge in [0.2, 0.25) is 0 Å². The van der Waals surface area contributed by atoms with E-state index in [2.05, 4.69) is 20.7 Å². The Kier molecular flexibility index (Phi) is 4.35. The van der Waals surface area contributed by atoms with E-state index < -0.39 is 10.0 Å². The standard InChI is InChI=1S/C15H13BrN2O2S/c1-10-3-6-13(16)14(7-10)18-21(19,20)15-8-12(9-17)5-4-11(15)2/h3-8,18H,1-2H3. The first-order valence-electron chi connectivity index (χ1n) is 6.13. The number of benzene rings is 2. The molecule has 0 spiro atoms. The maximum absolute atomic E-state index is 12.5. The third kappa shape index (κ3) is 3.43. The van der Waals surface area contributed by atoms with Gasteiger partial charge in [-0.25, -0.2) is 8.42 Å². The van der Waals surface area contributed by atoms with Gasteiger partial charge in [-0.3, -0.25) is 4.72 Å². The molecule has 0 heterocycles. The van der Waals surface area contributed by atoms with Crippen LogP contribution < -0.4 is 4.72 Å². The van der Waals surface area contributed by atoms with Gasteiger partial charge in [0.1, 0.15) is 0 Å². The fourth-order valence-corrected chi connectivity index (χ4v) is 3.70. The van der Waals surface area contributed by atoms with E-state index in [4.69, 9.17) is 5.26 Å². The second-order valence-corrected chi connectivity index (χ2v) is 7.19. The normalized spacial score (nSPS) is 11.0. The minimum Gasteiger partial charge on any atom is -0.278 e. The maximum atomic E-state index is 12.5. The van der Waals surface area contributed by atoms with Crippen LogP contribution in [0.3, 0.4) is 0 Å². The van der Waals surface area contributed by atoms with Gasteiger partial charge in [0.05, 0.1) is 22.2 Å². The highest BCUT2D eigenvalue weighted by Gasteiger charge is 2.18. The van der Waals surface area contributed by atoms with Crippen molar-refractivity contribution in [3.8, 4) is 6.07 Å². The fourth-order valence-electron chi connectivity index (χ4n) is 1.88. The van der Waals surface area contributed by atoms with Crippen LogP contribution in [0.25, 0.3) is 0 Å². The van der Waals surface area contributed by atoms with Gasteiger partial charge in [-0.05, 0) is 65.2 Å². The van der Waals surface area contributed by atoms with Crippen LogP contribution >= 0.6 is 15.9 Å². The van der Waals surface area contributed by atoms with E-state index >= 15 is 0 Å². The van der Waals surface area contributed by atoms with Crippen LogP contribution in [0.1, 0.15) is 16.7 Å². The Morgan fingerprint density at radius 3 is 2.52 bits per heavy atom. The van der Waals surface area contributed by atoms with E-state index in [1.165, 1.54) is 6.07 Å². The molecule has 0 aliphatic rings. The van der Waals surface area contributed by atoms with Crippen molar-refractivity contribution in [1.82, 2.24) is 0 Å². The van der Waals surface area contributed by atoms with Gasteiger partial charge in [0.25, 0.3) is 10.0 Å². The topological polar surface area (TPSA) is 70.0 Å². The first-order chi connectivity index (χ1) is 9.83. The van der Waals surface area contributed by atoms with Crippen molar-refractivity contribution in [1.29, 1.82) is 5.26 Å². The molecule has 0 saturated carbocycles. The minimum absolute atomic E-state index is 0.106. The first kappa shape index (κ1) is 15.5. The molecule has 0 fully saturated rings. The summed E-state index contributed by atoms with van der Waals surface area (Å²) >= 11 is 3.32. The summed E-state index contributed by atoms with van der Waals surface area (Å²) in [7, 11) is -3.75. The van der Waals surface area contributed by atoms with E-state index in [1.807, 2.05) is 19.1 Å². The SMILES string of the molecule is Cc1ccc(Br)c(NS(=O)(=O)c2cc(C#N)ccc2C)c1. The van der Waals surface area contributed by atoms with Crippen LogP contribution in [0.4, 0.5) is 5.69 Å². The predicted octanol–water partition coefficient (Wildman–Crippen LogP) is 3.74. The molecule has 0 aliphatic heterocycles. The van der Waals surface area contributed by atoms with Crippen molar-refractivity contribution >= 4 is 31.6 Å². The quantitative estimate of drug-likeness (QED) is 0.901. The van der Waals surface area contributed by atoms with Crippen LogP contribution in [-0.4, -0.2) is 8.42 Å². The maximum Gasteiger partial charge on any atom is 0.262 e. The Balaban J connectivity index is 2.48. The molecular weight excluding hydrogens is 352 g/mol. The molecule has 2 aromatic carbocycles.